The SMILES string of the molecule is O=c1[nH]c2ccc(CCN3CCN(c4ncccn4)CC3)cc2o1. The zero-order valence-corrected chi connectivity index (χ0v) is 13.3. The Kier molecular flexibility index (Phi) is 4.00. The van der Waals surface area contributed by atoms with E-state index in [9.17, 15) is 4.79 Å². The van der Waals surface area contributed by atoms with Crippen molar-refractivity contribution in [2.45, 2.75) is 6.42 Å². The molecule has 0 saturated carbocycles. The molecule has 0 atom stereocenters. The molecule has 7 heteroatoms. The summed E-state index contributed by atoms with van der Waals surface area (Å²) in [4.78, 5) is 27.1. The van der Waals surface area contributed by atoms with Gasteiger partial charge < -0.3 is 9.32 Å². The lowest BCUT2D eigenvalue weighted by molar-refractivity contribution is 0.260. The van der Waals surface area contributed by atoms with Crippen molar-refractivity contribution in [1.29, 1.82) is 0 Å². The second-order valence-electron chi connectivity index (χ2n) is 5.97. The number of fused-ring (bicyclic) bond motifs is 1. The summed E-state index contributed by atoms with van der Waals surface area (Å²) < 4.78 is 5.12. The molecular weight excluding hydrogens is 306 g/mol. The molecule has 2 aromatic heterocycles. The van der Waals surface area contributed by atoms with Gasteiger partial charge in [-0.3, -0.25) is 9.88 Å². The van der Waals surface area contributed by atoms with Gasteiger partial charge in [0, 0.05) is 45.1 Å². The molecule has 0 bridgehead atoms. The van der Waals surface area contributed by atoms with Crippen molar-refractivity contribution >= 4 is 17.0 Å². The van der Waals surface area contributed by atoms with Gasteiger partial charge in [0.15, 0.2) is 5.58 Å². The van der Waals surface area contributed by atoms with E-state index < -0.39 is 5.76 Å². The van der Waals surface area contributed by atoms with Gasteiger partial charge in [0.05, 0.1) is 5.52 Å². The molecule has 4 rings (SSSR count). The fourth-order valence-corrected chi connectivity index (χ4v) is 3.06. The van der Waals surface area contributed by atoms with Crippen LogP contribution in [-0.2, 0) is 6.42 Å². The van der Waals surface area contributed by atoms with Crippen LogP contribution in [0.2, 0.25) is 0 Å². The number of hydrogen-bond donors (Lipinski definition) is 1. The maximum absolute atomic E-state index is 11.2. The van der Waals surface area contributed by atoms with E-state index in [1.54, 1.807) is 12.4 Å². The molecule has 0 radical (unpaired) electrons. The number of oxazole rings is 1. The molecule has 7 nitrogen and oxygen atoms in total. The summed E-state index contributed by atoms with van der Waals surface area (Å²) in [6.45, 7) is 4.87. The van der Waals surface area contributed by atoms with Crippen LogP contribution in [0.5, 0.6) is 0 Å². The van der Waals surface area contributed by atoms with Crippen molar-refractivity contribution in [3.05, 3.63) is 52.8 Å². The van der Waals surface area contributed by atoms with E-state index in [1.807, 2.05) is 24.3 Å². The number of H-pyrrole nitrogens is 1. The summed E-state index contributed by atoms with van der Waals surface area (Å²) in [5, 5.41) is 0. The van der Waals surface area contributed by atoms with Crippen molar-refractivity contribution in [1.82, 2.24) is 19.9 Å². The molecular formula is C17H19N5O2. The van der Waals surface area contributed by atoms with Gasteiger partial charge in [-0.05, 0) is 30.2 Å². The fourth-order valence-electron chi connectivity index (χ4n) is 3.06. The van der Waals surface area contributed by atoms with Gasteiger partial charge in [0.2, 0.25) is 5.95 Å². The Bertz CT molecular complexity index is 865. The van der Waals surface area contributed by atoms with E-state index in [4.69, 9.17) is 4.42 Å². The Morgan fingerprint density at radius 2 is 1.92 bits per heavy atom. The van der Waals surface area contributed by atoms with Crippen molar-refractivity contribution < 1.29 is 4.42 Å². The molecule has 3 heterocycles. The fraction of sp³-hybridized carbons (Fsp3) is 0.353. The first-order valence-electron chi connectivity index (χ1n) is 8.14. The number of nitrogens with zero attached hydrogens (tertiary/aromatic N) is 4. The third kappa shape index (κ3) is 3.16. The second kappa shape index (κ2) is 6.45. The predicted octanol–water partition coefficient (Wildman–Crippen LogP) is 1.28. The molecule has 3 aromatic rings. The molecule has 1 fully saturated rings. The van der Waals surface area contributed by atoms with Crippen LogP contribution >= 0.6 is 0 Å². The van der Waals surface area contributed by atoms with E-state index in [0.29, 0.717) is 5.58 Å². The highest BCUT2D eigenvalue weighted by atomic mass is 16.4. The van der Waals surface area contributed by atoms with Crippen molar-refractivity contribution in [2.24, 2.45) is 0 Å². The molecule has 0 spiro atoms. The zero-order chi connectivity index (χ0) is 16.4. The van der Waals surface area contributed by atoms with Gasteiger partial charge in [-0.2, -0.15) is 0 Å². The highest BCUT2D eigenvalue weighted by Gasteiger charge is 2.18. The van der Waals surface area contributed by atoms with Gasteiger partial charge in [-0.15, -0.1) is 0 Å². The zero-order valence-electron chi connectivity index (χ0n) is 13.3. The van der Waals surface area contributed by atoms with E-state index in [1.165, 1.54) is 5.56 Å². The standard InChI is InChI=1S/C17H19N5O2/c23-17-20-14-3-2-13(12-15(14)24-17)4-7-21-8-10-22(11-9-21)16-18-5-1-6-19-16/h1-3,5-6,12H,4,7-11H2,(H,20,23). The van der Waals surface area contributed by atoms with Crippen LogP contribution in [0.3, 0.4) is 0 Å². The summed E-state index contributed by atoms with van der Waals surface area (Å²) in [5.41, 5.74) is 2.56. The number of piperazine rings is 1. The Morgan fingerprint density at radius 3 is 2.71 bits per heavy atom. The summed E-state index contributed by atoms with van der Waals surface area (Å²) in [6, 6.07) is 7.73. The minimum Gasteiger partial charge on any atom is -0.408 e. The van der Waals surface area contributed by atoms with Gasteiger partial charge in [0.1, 0.15) is 0 Å². The largest absolute Gasteiger partial charge is 0.417 e. The predicted molar refractivity (Wildman–Crippen MR) is 91.2 cm³/mol. The topological polar surface area (TPSA) is 78.3 Å². The minimum atomic E-state index is -0.401. The average Bonchev–Trinajstić information content (AvgIpc) is 3.00. The highest BCUT2D eigenvalue weighted by molar-refractivity contribution is 5.72. The maximum atomic E-state index is 11.2. The van der Waals surface area contributed by atoms with E-state index >= 15 is 0 Å². The molecule has 0 amide bonds. The molecule has 1 saturated heterocycles. The van der Waals surface area contributed by atoms with E-state index in [0.717, 1.165) is 50.6 Å². The summed E-state index contributed by atoms with van der Waals surface area (Å²) in [7, 11) is 0. The smallest absolute Gasteiger partial charge is 0.408 e. The van der Waals surface area contributed by atoms with Crippen LogP contribution in [0.25, 0.3) is 11.1 Å². The molecule has 1 aliphatic rings. The quantitative estimate of drug-likeness (QED) is 0.778. The maximum Gasteiger partial charge on any atom is 0.417 e. The molecule has 1 aromatic carbocycles. The molecule has 1 N–H and O–H groups in total. The third-order valence-electron chi connectivity index (χ3n) is 4.41. The van der Waals surface area contributed by atoms with Crippen molar-refractivity contribution in [2.75, 3.05) is 37.6 Å². The number of rotatable bonds is 4. The Balaban J connectivity index is 1.32. The Hall–Kier alpha value is -2.67. The van der Waals surface area contributed by atoms with Crippen LogP contribution in [0.4, 0.5) is 5.95 Å². The first-order chi connectivity index (χ1) is 11.8. The normalized spacial score (nSPS) is 15.9. The minimum absolute atomic E-state index is 0.401. The number of aromatic amines is 1. The van der Waals surface area contributed by atoms with Crippen LogP contribution in [0.1, 0.15) is 5.56 Å². The van der Waals surface area contributed by atoms with Crippen LogP contribution in [0, 0.1) is 0 Å². The molecule has 124 valence electrons. The lowest BCUT2D eigenvalue weighted by Gasteiger charge is -2.34. The number of hydrogen-bond acceptors (Lipinski definition) is 6. The second-order valence-corrected chi connectivity index (χ2v) is 5.97. The number of benzene rings is 1. The van der Waals surface area contributed by atoms with Gasteiger partial charge >= 0.3 is 5.76 Å². The lowest BCUT2D eigenvalue weighted by Crippen LogP contribution is -2.47. The van der Waals surface area contributed by atoms with Gasteiger partial charge in [-0.1, -0.05) is 6.07 Å². The van der Waals surface area contributed by atoms with E-state index in [2.05, 4.69) is 24.8 Å². The monoisotopic (exact) mass is 325 g/mol. The van der Waals surface area contributed by atoms with Crippen LogP contribution < -0.4 is 10.7 Å². The number of nitrogens with one attached hydrogen (secondary N) is 1. The molecule has 0 aliphatic carbocycles. The third-order valence-corrected chi connectivity index (χ3v) is 4.41. The Labute approximate surface area is 138 Å². The van der Waals surface area contributed by atoms with E-state index in [-0.39, 0.29) is 0 Å². The highest BCUT2D eigenvalue weighted by Crippen LogP contribution is 2.14. The summed E-state index contributed by atoms with van der Waals surface area (Å²) >= 11 is 0. The lowest BCUT2D eigenvalue weighted by atomic mass is 10.1. The first-order valence-corrected chi connectivity index (χ1v) is 8.14. The molecule has 0 unspecified atom stereocenters. The van der Waals surface area contributed by atoms with Crippen LogP contribution in [-0.4, -0.2) is 52.6 Å². The van der Waals surface area contributed by atoms with Crippen LogP contribution in [0.15, 0.2) is 45.9 Å². The average molecular weight is 325 g/mol. The number of aromatic nitrogens is 3. The molecule has 24 heavy (non-hydrogen) atoms. The van der Waals surface area contributed by atoms with Crippen molar-refractivity contribution in [3.63, 3.8) is 0 Å². The summed E-state index contributed by atoms with van der Waals surface area (Å²) in [6.07, 6.45) is 4.50. The number of anilines is 1. The summed E-state index contributed by atoms with van der Waals surface area (Å²) in [5.74, 6) is 0.409. The van der Waals surface area contributed by atoms with Gasteiger partial charge in [0.25, 0.3) is 0 Å². The Morgan fingerprint density at radius 1 is 1.12 bits per heavy atom. The van der Waals surface area contributed by atoms with Gasteiger partial charge in [-0.25, -0.2) is 14.8 Å². The molecule has 1 aliphatic heterocycles. The first kappa shape index (κ1) is 14.9. The van der Waals surface area contributed by atoms with Crippen molar-refractivity contribution in [3.8, 4) is 0 Å².